The van der Waals surface area contributed by atoms with E-state index in [1.54, 1.807) is 6.07 Å². The molecule has 0 bridgehead atoms. The van der Waals surface area contributed by atoms with Gasteiger partial charge in [-0.3, -0.25) is 0 Å². The molecule has 1 aromatic carbocycles. The summed E-state index contributed by atoms with van der Waals surface area (Å²) >= 11 is 5.84. The number of imidazole rings is 1. The van der Waals surface area contributed by atoms with Crippen LogP contribution in [-0.4, -0.2) is 44.8 Å². The van der Waals surface area contributed by atoms with Gasteiger partial charge >= 0.3 is 0 Å². The van der Waals surface area contributed by atoms with Crippen molar-refractivity contribution in [2.45, 2.75) is 25.2 Å². The fourth-order valence-electron chi connectivity index (χ4n) is 3.18. The zero-order valence-corrected chi connectivity index (χ0v) is 14.6. The van der Waals surface area contributed by atoms with Gasteiger partial charge in [0.25, 0.3) is 0 Å². The monoisotopic (exact) mass is 378 g/mol. The number of fused-ring (bicyclic) bond motifs is 1. The molecule has 4 rings (SSSR count). The van der Waals surface area contributed by atoms with Gasteiger partial charge in [-0.1, -0.05) is 11.6 Å². The van der Waals surface area contributed by atoms with Crippen LogP contribution in [0.15, 0.2) is 30.6 Å². The lowest BCUT2D eigenvalue weighted by Crippen LogP contribution is -2.50. The standard InChI is InChI=1S/C17H17ClF2N6/c18-10-6-22-16(23-7-10)9-26-15-5-11(19)1-2-14(15)24-17(26)25-4-3-12(20)13(21)8-25/h1-2,5-7,12-13H,3-4,8-9,21H2/t12-,13+/m0/s1. The summed E-state index contributed by atoms with van der Waals surface area (Å²) in [6.07, 6.45) is 2.32. The molecule has 0 unspecified atom stereocenters. The van der Waals surface area contributed by atoms with E-state index in [9.17, 15) is 8.78 Å². The lowest BCUT2D eigenvalue weighted by atomic mass is 10.1. The molecule has 136 valence electrons. The Kier molecular flexibility index (Phi) is 4.46. The van der Waals surface area contributed by atoms with Crippen molar-refractivity contribution in [2.24, 2.45) is 5.73 Å². The van der Waals surface area contributed by atoms with Gasteiger partial charge in [-0.05, 0) is 24.6 Å². The molecule has 0 amide bonds. The van der Waals surface area contributed by atoms with Crippen LogP contribution in [-0.2, 0) is 6.54 Å². The lowest BCUT2D eigenvalue weighted by Gasteiger charge is -2.34. The van der Waals surface area contributed by atoms with E-state index < -0.39 is 12.2 Å². The lowest BCUT2D eigenvalue weighted by molar-refractivity contribution is 0.243. The highest BCUT2D eigenvalue weighted by Crippen LogP contribution is 2.27. The second-order valence-electron chi connectivity index (χ2n) is 6.36. The van der Waals surface area contributed by atoms with Crippen LogP contribution < -0.4 is 10.6 Å². The average molecular weight is 379 g/mol. The summed E-state index contributed by atoms with van der Waals surface area (Å²) in [5, 5.41) is 0.437. The molecule has 26 heavy (non-hydrogen) atoms. The van der Waals surface area contributed by atoms with E-state index in [0.29, 0.717) is 47.3 Å². The van der Waals surface area contributed by atoms with E-state index in [1.807, 2.05) is 9.47 Å². The predicted octanol–water partition coefficient (Wildman–Crippen LogP) is 2.54. The van der Waals surface area contributed by atoms with Crippen molar-refractivity contribution in [3.63, 3.8) is 0 Å². The molecule has 9 heteroatoms. The van der Waals surface area contributed by atoms with Gasteiger partial charge in [0.2, 0.25) is 5.95 Å². The first-order valence-corrected chi connectivity index (χ1v) is 8.66. The summed E-state index contributed by atoms with van der Waals surface area (Å²) in [7, 11) is 0. The molecule has 2 N–H and O–H groups in total. The van der Waals surface area contributed by atoms with Crippen molar-refractivity contribution in [3.05, 3.63) is 47.3 Å². The molecule has 2 atom stereocenters. The molecule has 6 nitrogen and oxygen atoms in total. The van der Waals surface area contributed by atoms with Crippen LogP contribution in [0.5, 0.6) is 0 Å². The number of alkyl halides is 1. The van der Waals surface area contributed by atoms with Crippen molar-refractivity contribution in [1.29, 1.82) is 0 Å². The van der Waals surface area contributed by atoms with Crippen molar-refractivity contribution in [3.8, 4) is 0 Å². The Morgan fingerprint density at radius 1 is 1.27 bits per heavy atom. The van der Waals surface area contributed by atoms with E-state index in [-0.39, 0.29) is 12.4 Å². The average Bonchev–Trinajstić information content (AvgIpc) is 2.97. The van der Waals surface area contributed by atoms with Gasteiger partial charge in [0.05, 0.1) is 28.6 Å². The van der Waals surface area contributed by atoms with Crippen LogP contribution in [0.1, 0.15) is 12.2 Å². The molecule has 1 saturated heterocycles. The highest BCUT2D eigenvalue weighted by Gasteiger charge is 2.29. The van der Waals surface area contributed by atoms with Crippen LogP contribution in [0.2, 0.25) is 5.02 Å². The fraction of sp³-hybridized carbons (Fsp3) is 0.353. The van der Waals surface area contributed by atoms with Gasteiger partial charge < -0.3 is 15.2 Å². The van der Waals surface area contributed by atoms with E-state index in [1.165, 1.54) is 24.5 Å². The highest BCUT2D eigenvalue weighted by molar-refractivity contribution is 6.30. The Balaban J connectivity index is 1.77. The van der Waals surface area contributed by atoms with E-state index in [4.69, 9.17) is 17.3 Å². The summed E-state index contributed by atoms with van der Waals surface area (Å²) < 4.78 is 29.4. The molecule has 1 fully saturated rings. The summed E-state index contributed by atoms with van der Waals surface area (Å²) in [6, 6.07) is 3.82. The van der Waals surface area contributed by atoms with Crippen molar-refractivity contribution >= 4 is 28.6 Å². The number of hydrogen-bond donors (Lipinski definition) is 1. The third kappa shape index (κ3) is 3.22. The second kappa shape index (κ2) is 6.77. The van der Waals surface area contributed by atoms with E-state index in [0.717, 1.165) is 0 Å². The highest BCUT2D eigenvalue weighted by atomic mass is 35.5. The minimum Gasteiger partial charge on any atom is -0.340 e. The van der Waals surface area contributed by atoms with Crippen LogP contribution in [0.3, 0.4) is 0 Å². The molecular weight excluding hydrogens is 362 g/mol. The number of piperidine rings is 1. The molecule has 0 radical (unpaired) electrons. The normalized spacial score (nSPS) is 20.7. The fourth-order valence-corrected chi connectivity index (χ4v) is 3.28. The molecule has 0 spiro atoms. The van der Waals surface area contributed by atoms with Crippen molar-refractivity contribution in [1.82, 2.24) is 19.5 Å². The largest absolute Gasteiger partial charge is 0.340 e. The quantitative estimate of drug-likeness (QED) is 0.758. The summed E-state index contributed by atoms with van der Waals surface area (Å²) in [6.45, 7) is 1.12. The Hall–Kier alpha value is -2.32. The molecule has 1 aliphatic heterocycles. The van der Waals surface area contributed by atoms with Crippen LogP contribution in [0, 0.1) is 5.82 Å². The molecule has 1 aliphatic rings. The van der Waals surface area contributed by atoms with Gasteiger partial charge in [-0.25, -0.2) is 23.7 Å². The van der Waals surface area contributed by atoms with Crippen molar-refractivity contribution in [2.75, 3.05) is 18.0 Å². The van der Waals surface area contributed by atoms with Crippen LogP contribution in [0.25, 0.3) is 11.0 Å². The number of halogens is 3. The Morgan fingerprint density at radius 2 is 2.04 bits per heavy atom. The number of benzene rings is 1. The van der Waals surface area contributed by atoms with E-state index in [2.05, 4.69) is 15.0 Å². The van der Waals surface area contributed by atoms with Gasteiger partial charge in [0.1, 0.15) is 17.8 Å². The number of nitrogens with two attached hydrogens (primary N) is 1. The first-order valence-electron chi connectivity index (χ1n) is 8.28. The van der Waals surface area contributed by atoms with Gasteiger partial charge in [0, 0.05) is 25.5 Å². The molecule has 3 aromatic rings. The Labute approximate surface area is 153 Å². The van der Waals surface area contributed by atoms with Gasteiger partial charge in [-0.2, -0.15) is 0 Å². The predicted molar refractivity (Wildman–Crippen MR) is 95.5 cm³/mol. The van der Waals surface area contributed by atoms with E-state index >= 15 is 0 Å². The molecule has 3 heterocycles. The maximum absolute atomic E-state index is 13.8. The minimum absolute atomic E-state index is 0.289. The smallest absolute Gasteiger partial charge is 0.207 e. The molecular formula is C17H17ClF2N6. The maximum atomic E-state index is 13.8. The molecule has 2 aromatic heterocycles. The van der Waals surface area contributed by atoms with Crippen LogP contribution in [0.4, 0.5) is 14.7 Å². The first-order chi connectivity index (χ1) is 12.5. The zero-order chi connectivity index (χ0) is 18.3. The number of hydrogen-bond acceptors (Lipinski definition) is 5. The summed E-state index contributed by atoms with van der Waals surface area (Å²) in [5.74, 6) is 0.761. The first kappa shape index (κ1) is 17.1. The third-order valence-corrected chi connectivity index (χ3v) is 4.71. The Bertz CT molecular complexity index is 929. The SMILES string of the molecule is N[C@@H]1CN(c2nc3ccc(F)cc3n2Cc2ncc(Cl)cn2)CC[C@@H]1F. The number of aromatic nitrogens is 4. The second-order valence-corrected chi connectivity index (χ2v) is 6.80. The Morgan fingerprint density at radius 3 is 2.77 bits per heavy atom. The molecule has 0 saturated carbocycles. The maximum Gasteiger partial charge on any atom is 0.207 e. The number of nitrogens with zero attached hydrogens (tertiary/aromatic N) is 5. The number of rotatable bonds is 3. The third-order valence-electron chi connectivity index (χ3n) is 4.52. The minimum atomic E-state index is -1.03. The molecule has 0 aliphatic carbocycles. The van der Waals surface area contributed by atoms with Crippen LogP contribution >= 0.6 is 11.6 Å². The summed E-state index contributed by atoms with van der Waals surface area (Å²) in [5.41, 5.74) is 7.16. The zero-order valence-electron chi connectivity index (χ0n) is 13.8. The summed E-state index contributed by atoms with van der Waals surface area (Å²) in [4.78, 5) is 15.0. The topological polar surface area (TPSA) is 72.9 Å². The van der Waals surface area contributed by atoms with Gasteiger partial charge in [0.15, 0.2) is 0 Å². The number of anilines is 1. The van der Waals surface area contributed by atoms with Crippen molar-refractivity contribution < 1.29 is 8.78 Å². The van der Waals surface area contributed by atoms with Gasteiger partial charge in [-0.15, -0.1) is 0 Å².